The SMILES string of the molecule is CNC1c2cc3c(cc2SC1C)OCCCO3. The van der Waals surface area contributed by atoms with E-state index in [1.807, 2.05) is 18.8 Å². The molecule has 1 N–H and O–H groups in total. The Balaban J connectivity index is 2.03. The smallest absolute Gasteiger partial charge is 0.162 e. The molecule has 1 aromatic carbocycles. The summed E-state index contributed by atoms with van der Waals surface area (Å²) in [5.74, 6) is 1.80. The van der Waals surface area contributed by atoms with Gasteiger partial charge in [0.1, 0.15) is 0 Å². The molecule has 0 fully saturated rings. The second kappa shape index (κ2) is 4.42. The van der Waals surface area contributed by atoms with Crippen LogP contribution >= 0.6 is 11.8 Å². The molecule has 92 valence electrons. The van der Waals surface area contributed by atoms with Crippen molar-refractivity contribution in [1.29, 1.82) is 0 Å². The van der Waals surface area contributed by atoms with Crippen LogP contribution in [0.15, 0.2) is 17.0 Å². The lowest BCUT2D eigenvalue weighted by atomic mass is 10.0. The van der Waals surface area contributed by atoms with Gasteiger partial charge in [-0.1, -0.05) is 6.92 Å². The molecule has 2 atom stereocenters. The quantitative estimate of drug-likeness (QED) is 0.831. The summed E-state index contributed by atoms with van der Waals surface area (Å²) in [6.45, 7) is 3.75. The molecule has 3 nitrogen and oxygen atoms in total. The molecule has 0 saturated heterocycles. The zero-order valence-electron chi connectivity index (χ0n) is 10.2. The molecule has 0 spiro atoms. The molecule has 2 aliphatic heterocycles. The number of rotatable bonds is 1. The van der Waals surface area contributed by atoms with Crippen LogP contribution in [-0.4, -0.2) is 25.5 Å². The monoisotopic (exact) mass is 251 g/mol. The van der Waals surface area contributed by atoms with Gasteiger partial charge in [-0.2, -0.15) is 0 Å². The molecule has 2 unspecified atom stereocenters. The van der Waals surface area contributed by atoms with E-state index in [1.165, 1.54) is 10.5 Å². The van der Waals surface area contributed by atoms with Gasteiger partial charge in [-0.3, -0.25) is 0 Å². The van der Waals surface area contributed by atoms with Crippen molar-refractivity contribution in [1.82, 2.24) is 5.32 Å². The molecule has 4 heteroatoms. The van der Waals surface area contributed by atoms with E-state index in [0.29, 0.717) is 11.3 Å². The van der Waals surface area contributed by atoms with Gasteiger partial charge in [0.25, 0.3) is 0 Å². The van der Waals surface area contributed by atoms with E-state index in [1.54, 1.807) is 0 Å². The third-order valence-corrected chi connectivity index (χ3v) is 4.56. The van der Waals surface area contributed by atoms with Crippen LogP contribution in [0.4, 0.5) is 0 Å². The Bertz CT molecular complexity index is 436. The zero-order chi connectivity index (χ0) is 11.8. The van der Waals surface area contributed by atoms with Crippen LogP contribution in [0.5, 0.6) is 11.5 Å². The fraction of sp³-hybridized carbons (Fsp3) is 0.538. The Morgan fingerprint density at radius 3 is 2.65 bits per heavy atom. The third kappa shape index (κ3) is 1.89. The summed E-state index contributed by atoms with van der Waals surface area (Å²) in [4.78, 5) is 1.32. The first-order chi connectivity index (χ1) is 8.29. The molecule has 0 bridgehead atoms. The first kappa shape index (κ1) is 11.2. The summed E-state index contributed by atoms with van der Waals surface area (Å²) in [5, 5.41) is 3.93. The summed E-state index contributed by atoms with van der Waals surface area (Å²) >= 11 is 1.91. The molecule has 17 heavy (non-hydrogen) atoms. The Morgan fingerprint density at radius 2 is 1.94 bits per heavy atom. The Kier molecular flexibility index (Phi) is 2.92. The van der Waals surface area contributed by atoms with Gasteiger partial charge in [0.2, 0.25) is 0 Å². The maximum Gasteiger partial charge on any atom is 0.162 e. The molecule has 0 amide bonds. The Hall–Kier alpha value is -0.870. The zero-order valence-corrected chi connectivity index (χ0v) is 11.0. The molecule has 0 aliphatic carbocycles. The Morgan fingerprint density at radius 1 is 1.24 bits per heavy atom. The largest absolute Gasteiger partial charge is 0.490 e. The maximum absolute atomic E-state index is 5.74. The number of ether oxygens (including phenoxy) is 2. The molecule has 1 aromatic rings. The number of thioether (sulfide) groups is 1. The van der Waals surface area contributed by atoms with Crippen molar-refractivity contribution < 1.29 is 9.47 Å². The first-order valence-electron chi connectivity index (χ1n) is 6.07. The lowest BCUT2D eigenvalue weighted by Gasteiger charge is -2.15. The van der Waals surface area contributed by atoms with Gasteiger partial charge in [0, 0.05) is 22.6 Å². The first-order valence-corrected chi connectivity index (χ1v) is 6.95. The summed E-state index contributed by atoms with van der Waals surface area (Å²) in [7, 11) is 2.01. The fourth-order valence-electron chi connectivity index (χ4n) is 2.46. The van der Waals surface area contributed by atoms with Gasteiger partial charge in [0.15, 0.2) is 11.5 Å². The predicted molar refractivity (Wildman–Crippen MR) is 69.2 cm³/mol. The average molecular weight is 251 g/mol. The molecular weight excluding hydrogens is 234 g/mol. The van der Waals surface area contributed by atoms with Crippen LogP contribution < -0.4 is 14.8 Å². The Labute approximate surface area is 106 Å². The summed E-state index contributed by atoms with van der Waals surface area (Å²) < 4.78 is 11.5. The number of hydrogen-bond acceptors (Lipinski definition) is 4. The molecular formula is C13H17NO2S. The fourth-order valence-corrected chi connectivity index (χ4v) is 3.78. The van der Waals surface area contributed by atoms with Crippen LogP contribution in [0.3, 0.4) is 0 Å². The number of benzene rings is 1. The highest BCUT2D eigenvalue weighted by atomic mass is 32.2. The normalized spacial score (nSPS) is 26.5. The van der Waals surface area contributed by atoms with Gasteiger partial charge < -0.3 is 14.8 Å². The van der Waals surface area contributed by atoms with Gasteiger partial charge in [-0.25, -0.2) is 0 Å². The number of fused-ring (bicyclic) bond motifs is 2. The van der Waals surface area contributed by atoms with E-state index in [2.05, 4.69) is 24.4 Å². The molecule has 0 saturated carbocycles. The van der Waals surface area contributed by atoms with Crippen molar-refractivity contribution in [2.45, 2.75) is 29.5 Å². The van der Waals surface area contributed by atoms with Crippen molar-refractivity contribution in [2.24, 2.45) is 0 Å². The van der Waals surface area contributed by atoms with E-state index in [9.17, 15) is 0 Å². The minimum absolute atomic E-state index is 0.409. The van der Waals surface area contributed by atoms with Crippen LogP contribution in [-0.2, 0) is 0 Å². The van der Waals surface area contributed by atoms with Gasteiger partial charge in [-0.05, 0) is 24.7 Å². The minimum atomic E-state index is 0.409. The maximum atomic E-state index is 5.74. The van der Waals surface area contributed by atoms with Crippen molar-refractivity contribution in [3.05, 3.63) is 17.7 Å². The van der Waals surface area contributed by atoms with Gasteiger partial charge >= 0.3 is 0 Å². The molecule has 3 rings (SSSR count). The molecule has 0 aromatic heterocycles. The van der Waals surface area contributed by atoms with E-state index in [4.69, 9.17) is 9.47 Å². The summed E-state index contributed by atoms with van der Waals surface area (Å²) in [6, 6.07) is 4.69. The predicted octanol–water partition coefficient (Wildman–Crippen LogP) is 2.60. The topological polar surface area (TPSA) is 30.5 Å². The highest BCUT2D eigenvalue weighted by molar-refractivity contribution is 8.00. The third-order valence-electron chi connectivity index (χ3n) is 3.31. The average Bonchev–Trinajstić information content (AvgIpc) is 2.49. The van der Waals surface area contributed by atoms with Crippen LogP contribution in [0.1, 0.15) is 24.9 Å². The lowest BCUT2D eigenvalue weighted by Crippen LogP contribution is -2.21. The molecule has 0 radical (unpaired) electrons. The van der Waals surface area contributed by atoms with Crippen molar-refractivity contribution in [2.75, 3.05) is 20.3 Å². The molecule has 2 heterocycles. The minimum Gasteiger partial charge on any atom is -0.490 e. The number of hydrogen-bond donors (Lipinski definition) is 1. The standard InChI is InChI=1S/C13H17NO2S/c1-8-13(14-2)9-6-10-11(7-12(9)17-8)16-5-3-4-15-10/h6-8,13-14H,3-5H2,1-2H3. The van der Waals surface area contributed by atoms with E-state index in [0.717, 1.165) is 31.1 Å². The van der Waals surface area contributed by atoms with Crippen molar-refractivity contribution in [3.63, 3.8) is 0 Å². The van der Waals surface area contributed by atoms with Crippen LogP contribution in [0, 0.1) is 0 Å². The summed E-state index contributed by atoms with van der Waals surface area (Å²) in [6.07, 6.45) is 0.957. The molecule has 2 aliphatic rings. The van der Waals surface area contributed by atoms with Crippen LogP contribution in [0.25, 0.3) is 0 Å². The second-order valence-corrected chi connectivity index (χ2v) is 5.90. The van der Waals surface area contributed by atoms with Crippen LogP contribution in [0.2, 0.25) is 0 Å². The highest BCUT2D eigenvalue weighted by Gasteiger charge is 2.31. The lowest BCUT2D eigenvalue weighted by molar-refractivity contribution is 0.296. The van der Waals surface area contributed by atoms with Crippen molar-refractivity contribution >= 4 is 11.8 Å². The van der Waals surface area contributed by atoms with E-state index >= 15 is 0 Å². The second-order valence-electron chi connectivity index (χ2n) is 4.48. The summed E-state index contributed by atoms with van der Waals surface area (Å²) in [5.41, 5.74) is 1.34. The number of nitrogens with one attached hydrogen (secondary N) is 1. The van der Waals surface area contributed by atoms with E-state index < -0.39 is 0 Å². The van der Waals surface area contributed by atoms with Gasteiger partial charge in [0.05, 0.1) is 13.2 Å². The highest BCUT2D eigenvalue weighted by Crippen LogP contribution is 2.48. The van der Waals surface area contributed by atoms with Gasteiger partial charge in [-0.15, -0.1) is 11.8 Å². The van der Waals surface area contributed by atoms with E-state index in [-0.39, 0.29) is 0 Å². The van der Waals surface area contributed by atoms with Crippen molar-refractivity contribution in [3.8, 4) is 11.5 Å².